The molecule has 49 heavy (non-hydrogen) atoms. The molecule has 0 aliphatic heterocycles. The highest BCUT2D eigenvalue weighted by atomic mass is 18.0. The summed E-state index contributed by atoms with van der Waals surface area (Å²) in [5, 5.41) is 70.8. The van der Waals surface area contributed by atoms with Crippen molar-refractivity contribution in [1.29, 1.82) is 0 Å². The van der Waals surface area contributed by atoms with E-state index < -0.39 is 0 Å². The Morgan fingerprint density at radius 2 is 0.837 bits per heavy atom. The van der Waals surface area contributed by atoms with Gasteiger partial charge in [-0.15, -0.1) is 0 Å². The van der Waals surface area contributed by atoms with E-state index in [-0.39, 0.29) is 57.6 Å². The van der Waals surface area contributed by atoms with Gasteiger partial charge in [0.15, 0.2) is 6.26 Å². The molecular weight excluding hydrogens is 696 g/mol. The Labute approximate surface area is 278 Å². The molecule has 0 fully saturated rings. The van der Waals surface area contributed by atoms with E-state index in [2.05, 4.69) is 102 Å². The van der Waals surface area contributed by atoms with E-state index in [9.17, 15) is 0 Å². The van der Waals surface area contributed by atoms with Crippen LogP contribution in [0.25, 0.3) is 0 Å². The molecule has 0 aromatic heterocycles. The van der Waals surface area contributed by atoms with Crippen LogP contribution in [0.15, 0.2) is 12.5 Å². The third-order valence-electron chi connectivity index (χ3n) is 4.30. The van der Waals surface area contributed by atoms with Gasteiger partial charge in [0, 0.05) is 52.0 Å². The van der Waals surface area contributed by atoms with Crippen LogP contribution >= 0.6 is 0 Å². The summed E-state index contributed by atoms with van der Waals surface area (Å²) in [6, 6.07) is 0. The number of aliphatic hydroxyl groups excluding tert-OH is 1. The average Bonchev–Trinajstić information content (AvgIpc) is 3.10. The standard InChI is InChI=1S/C22H44O27/c1-6-8-27-20(3)15-29-22(5)17-30-21(4)16-28-19(2)14-26-18-25-11-10-24-12-13-32-34-36-38-40-42-44-46-48-49-47-45-43-41-39-37-35-33-31-9-7-23/h7,9,19-23H,6,8,10-18H2,1-5H3/b9-7+. The lowest BCUT2D eigenvalue weighted by Crippen LogP contribution is -2.28. The van der Waals surface area contributed by atoms with E-state index in [1.807, 2.05) is 27.7 Å². The molecule has 27 nitrogen and oxygen atoms in total. The molecule has 27 heteroatoms. The van der Waals surface area contributed by atoms with Crippen molar-refractivity contribution in [3.05, 3.63) is 12.5 Å². The smallest absolute Gasteiger partial charge is 0.167 e. The highest BCUT2D eigenvalue weighted by Gasteiger charge is 2.12. The van der Waals surface area contributed by atoms with Crippen LogP contribution < -0.4 is 0 Å². The summed E-state index contributed by atoms with van der Waals surface area (Å²) in [6.45, 7) is 12.9. The van der Waals surface area contributed by atoms with Gasteiger partial charge < -0.3 is 43.2 Å². The number of hydrogen-bond donors (Lipinski definition) is 1. The molecule has 0 rings (SSSR count). The summed E-state index contributed by atoms with van der Waals surface area (Å²) < 4.78 is 38.8. The largest absolute Gasteiger partial charge is 0.512 e. The average molecular weight is 741 g/mol. The van der Waals surface area contributed by atoms with Crippen molar-refractivity contribution in [3.8, 4) is 0 Å². The molecule has 1 N–H and O–H groups in total. The molecule has 0 aromatic rings. The monoisotopic (exact) mass is 740 g/mol. The fourth-order valence-corrected chi connectivity index (χ4v) is 2.34. The van der Waals surface area contributed by atoms with Gasteiger partial charge in [-0.25, -0.2) is 4.89 Å². The summed E-state index contributed by atoms with van der Waals surface area (Å²) in [4.78, 5) is 8.44. The third-order valence-corrected chi connectivity index (χ3v) is 4.30. The molecule has 0 saturated heterocycles. The van der Waals surface area contributed by atoms with Crippen LogP contribution in [0.2, 0.25) is 0 Å². The molecule has 4 atom stereocenters. The van der Waals surface area contributed by atoms with Crippen LogP contribution in [0.4, 0.5) is 0 Å². The van der Waals surface area contributed by atoms with Gasteiger partial charge in [-0.1, -0.05) is 6.92 Å². The lowest BCUT2D eigenvalue weighted by Gasteiger charge is -2.21. The van der Waals surface area contributed by atoms with Gasteiger partial charge in [0.2, 0.25) is 0 Å². The molecule has 0 amide bonds. The predicted molar refractivity (Wildman–Crippen MR) is 137 cm³/mol. The van der Waals surface area contributed by atoms with Crippen LogP contribution in [0.5, 0.6) is 0 Å². The van der Waals surface area contributed by atoms with Gasteiger partial charge in [-0.05, 0) is 74.4 Å². The Morgan fingerprint density at radius 1 is 0.429 bits per heavy atom. The molecule has 0 bridgehead atoms. The summed E-state index contributed by atoms with van der Waals surface area (Å²) >= 11 is 0. The second-order valence-corrected chi connectivity index (χ2v) is 8.48. The van der Waals surface area contributed by atoms with Crippen LogP contribution in [0.1, 0.15) is 41.0 Å². The zero-order valence-corrected chi connectivity index (χ0v) is 27.3. The van der Waals surface area contributed by atoms with Crippen molar-refractivity contribution in [2.75, 3.05) is 66.3 Å². The van der Waals surface area contributed by atoms with Gasteiger partial charge in [0.05, 0.1) is 70.7 Å². The zero-order chi connectivity index (χ0) is 35.9. The first kappa shape index (κ1) is 47.3. The summed E-state index contributed by atoms with van der Waals surface area (Å²) in [7, 11) is 0. The molecule has 0 heterocycles. The van der Waals surface area contributed by atoms with Gasteiger partial charge in [-0.3, -0.25) is 0 Å². The Bertz CT molecular complexity index is 666. The molecule has 0 aliphatic carbocycles. The Balaban J connectivity index is 3.28. The van der Waals surface area contributed by atoms with E-state index in [1.54, 1.807) is 0 Å². The van der Waals surface area contributed by atoms with Gasteiger partial charge in [0.25, 0.3) is 0 Å². The summed E-state index contributed by atoms with van der Waals surface area (Å²) in [6.07, 6.45) is 1.86. The highest BCUT2D eigenvalue weighted by molar-refractivity contribution is 4.56. The van der Waals surface area contributed by atoms with E-state index in [4.69, 9.17) is 38.3 Å². The topological polar surface area (TPSA) is 260 Å². The van der Waals surface area contributed by atoms with Gasteiger partial charge in [0.1, 0.15) is 19.7 Å². The van der Waals surface area contributed by atoms with Gasteiger partial charge >= 0.3 is 0 Å². The number of hydrogen-bond acceptors (Lipinski definition) is 27. The minimum absolute atomic E-state index is 0.0496. The number of aliphatic hydroxyl groups is 1. The Hall–Kier alpha value is -1.66. The molecule has 0 spiro atoms. The van der Waals surface area contributed by atoms with Crippen molar-refractivity contribution in [2.24, 2.45) is 0 Å². The molecule has 0 aromatic carbocycles. The Kier molecular flexibility index (Phi) is 37.8. The van der Waals surface area contributed by atoms with E-state index >= 15 is 0 Å². The summed E-state index contributed by atoms with van der Waals surface area (Å²) in [5.74, 6) is 0. The van der Waals surface area contributed by atoms with E-state index in [0.717, 1.165) is 13.0 Å². The second-order valence-electron chi connectivity index (χ2n) is 8.48. The van der Waals surface area contributed by atoms with Crippen molar-refractivity contribution < 1.29 is 134 Å². The molecule has 294 valence electrons. The third kappa shape index (κ3) is 39.0. The van der Waals surface area contributed by atoms with Crippen LogP contribution in [0.3, 0.4) is 0 Å². The molecule has 0 aliphatic rings. The lowest BCUT2D eigenvalue weighted by molar-refractivity contribution is -0.891. The minimum Gasteiger partial charge on any atom is -0.512 e. The van der Waals surface area contributed by atoms with Gasteiger partial charge in [-0.2, -0.15) is 0 Å². The fourth-order valence-electron chi connectivity index (χ4n) is 2.34. The van der Waals surface area contributed by atoms with Crippen molar-refractivity contribution in [3.63, 3.8) is 0 Å². The van der Waals surface area contributed by atoms with Crippen molar-refractivity contribution in [1.82, 2.24) is 0 Å². The van der Waals surface area contributed by atoms with Crippen LogP contribution in [-0.4, -0.2) is 95.8 Å². The SMILES string of the molecule is CCCOC(C)COC(C)COC(C)COC(C)COCOCCOCCOOOOOOOOOOOOOOOOOOO/C=C/O. The van der Waals surface area contributed by atoms with E-state index in [0.29, 0.717) is 39.0 Å². The first-order valence-corrected chi connectivity index (χ1v) is 14.1. The first-order chi connectivity index (χ1) is 24.0. The second kappa shape index (κ2) is 39.1. The predicted octanol–water partition coefficient (Wildman–Crippen LogP) is 1.84. The summed E-state index contributed by atoms with van der Waals surface area (Å²) in [5.41, 5.74) is 0. The quantitative estimate of drug-likeness (QED) is 0.0308. The molecule has 0 saturated carbocycles. The highest BCUT2D eigenvalue weighted by Crippen LogP contribution is 2.03. The fraction of sp³-hybridized carbons (Fsp3) is 0.909. The lowest BCUT2D eigenvalue weighted by atomic mass is 10.3. The number of ether oxygens (including phenoxy) is 7. The van der Waals surface area contributed by atoms with Crippen LogP contribution in [-0.2, 0) is 129 Å². The van der Waals surface area contributed by atoms with Crippen molar-refractivity contribution >= 4 is 0 Å². The normalized spacial score (nSPS) is 14.4. The first-order valence-electron chi connectivity index (χ1n) is 14.1. The Morgan fingerprint density at radius 3 is 1.33 bits per heavy atom. The van der Waals surface area contributed by atoms with E-state index in [1.165, 1.54) is 0 Å². The maximum atomic E-state index is 8.14. The zero-order valence-electron chi connectivity index (χ0n) is 27.3. The molecular formula is C22H44O27. The maximum absolute atomic E-state index is 8.14. The van der Waals surface area contributed by atoms with Crippen LogP contribution in [0, 0.1) is 0 Å². The molecule has 4 unspecified atom stereocenters. The maximum Gasteiger partial charge on any atom is 0.167 e. The number of rotatable bonds is 41. The minimum atomic E-state index is -0.151. The molecule has 0 radical (unpaired) electrons. The van der Waals surface area contributed by atoms with Crippen molar-refractivity contribution in [2.45, 2.75) is 65.5 Å².